The summed E-state index contributed by atoms with van der Waals surface area (Å²) < 4.78 is 5.20. The van der Waals surface area contributed by atoms with E-state index in [-0.39, 0.29) is 5.41 Å². The zero-order valence-corrected chi connectivity index (χ0v) is 10.3. The largest absolute Gasteiger partial charge is 0.393 e. The molecule has 1 aliphatic carbocycles. The molecule has 0 radical (unpaired) electrons. The summed E-state index contributed by atoms with van der Waals surface area (Å²) in [7, 11) is 0. The van der Waals surface area contributed by atoms with Gasteiger partial charge in [-0.1, -0.05) is 35.5 Å². The van der Waals surface area contributed by atoms with Crippen LogP contribution in [0.3, 0.4) is 0 Å². The molecule has 1 atom stereocenters. The van der Waals surface area contributed by atoms with Crippen LogP contribution in [0.15, 0.2) is 34.9 Å². The van der Waals surface area contributed by atoms with Gasteiger partial charge >= 0.3 is 0 Å². The summed E-state index contributed by atoms with van der Waals surface area (Å²) in [6.07, 6.45) is 2.08. The quantitative estimate of drug-likeness (QED) is 0.894. The molecule has 1 unspecified atom stereocenters. The standard InChI is InChI=1S/C14H16N2O2/c1-10(17)9-12-15-13(16-18-12)14(7-8-14)11-5-3-2-4-6-11/h2-6,10,17H,7-9H2,1H3. The van der Waals surface area contributed by atoms with Crippen LogP contribution in [-0.2, 0) is 11.8 Å². The van der Waals surface area contributed by atoms with E-state index >= 15 is 0 Å². The molecule has 4 nitrogen and oxygen atoms in total. The Bertz CT molecular complexity index is 530. The van der Waals surface area contributed by atoms with Crippen molar-refractivity contribution in [1.29, 1.82) is 0 Å². The van der Waals surface area contributed by atoms with Crippen molar-refractivity contribution in [2.24, 2.45) is 0 Å². The van der Waals surface area contributed by atoms with Crippen molar-refractivity contribution in [3.05, 3.63) is 47.6 Å². The normalized spacial score (nSPS) is 18.6. The molecule has 1 fully saturated rings. The third kappa shape index (κ3) is 1.93. The van der Waals surface area contributed by atoms with Crippen LogP contribution in [0.4, 0.5) is 0 Å². The number of hydrogen-bond donors (Lipinski definition) is 1. The zero-order chi connectivity index (χ0) is 12.6. The second-order valence-electron chi connectivity index (χ2n) is 5.01. The van der Waals surface area contributed by atoms with E-state index < -0.39 is 6.10 Å². The van der Waals surface area contributed by atoms with Crippen molar-refractivity contribution in [3.63, 3.8) is 0 Å². The lowest BCUT2D eigenvalue weighted by atomic mass is 9.95. The van der Waals surface area contributed by atoms with Crippen molar-refractivity contribution < 1.29 is 9.63 Å². The molecule has 1 aromatic heterocycles. The highest BCUT2D eigenvalue weighted by Gasteiger charge is 2.49. The molecule has 1 saturated carbocycles. The SMILES string of the molecule is CC(O)Cc1nc(C2(c3ccccc3)CC2)no1. The molecule has 94 valence electrons. The van der Waals surface area contributed by atoms with Gasteiger partial charge in [0.05, 0.1) is 17.9 Å². The summed E-state index contributed by atoms with van der Waals surface area (Å²) in [6.45, 7) is 1.72. The fraction of sp³-hybridized carbons (Fsp3) is 0.429. The lowest BCUT2D eigenvalue weighted by Gasteiger charge is -2.10. The van der Waals surface area contributed by atoms with E-state index in [4.69, 9.17) is 4.52 Å². The van der Waals surface area contributed by atoms with E-state index in [2.05, 4.69) is 22.3 Å². The summed E-state index contributed by atoms with van der Waals surface area (Å²) in [5.74, 6) is 1.27. The van der Waals surface area contributed by atoms with Gasteiger partial charge in [-0.05, 0) is 25.3 Å². The monoisotopic (exact) mass is 244 g/mol. The third-order valence-electron chi connectivity index (χ3n) is 3.44. The number of aliphatic hydroxyl groups is 1. The maximum Gasteiger partial charge on any atom is 0.229 e. The number of nitrogens with zero attached hydrogens (tertiary/aromatic N) is 2. The van der Waals surface area contributed by atoms with Gasteiger partial charge in [0, 0.05) is 0 Å². The first-order valence-electron chi connectivity index (χ1n) is 6.27. The molecule has 18 heavy (non-hydrogen) atoms. The Morgan fingerprint density at radius 3 is 2.67 bits per heavy atom. The number of aromatic nitrogens is 2. The highest BCUT2D eigenvalue weighted by atomic mass is 16.5. The topological polar surface area (TPSA) is 59.2 Å². The molecular weight excluding hydrogens is 228 g/mol. The van der Waals surface area contributed by atoms with Gasteiger partial charge in [0.15, 0.2) is 5.82 Å². The Kier molecular flexibility index (Phi) is 2.67. The molecule has 0 amide bonds. The Hall–Kier alpha value is -1.68. The molecule has 1 N–H and O–H groups in total. The van der Waals surface area contributed by atoms with Crippen LogP contribution in [0.25, 0.3) is 0 Å². The van der Waals surface area contributed by atoms with E-state index in [0.717, 1.165) is 18.7 Å². The molecule has 1 aromatic carbocycles. The minimum absolute atomic E-state index is 0.0539. The molecule has 2 aromatic rings. The summed E-state index contributed by atoms with van der Waals surface area (Å²) in [4.78, 5) is 4.42. The van der Waals surface area contributed by atoms with Gasteiger partial charge in [-0.3, -0.25) is 0 Å². The van der Waals surface area contributed by atoms with Crippen molar-refractivity contribution in [2.45, 2.75) is 37.7 Å². The molecular formula is C14H16N2O2. The summed E-state index contributed by atoms with van der Waals surface area (Å²) >= 11 is 0. The predicted molar refractivity (Wildman–Crippen MR) is 66.1 cm³/mol. The molecule has 0 aliphatic heterocycles. The first-order chi connectivity index (χ1) is 8.71. The number of rotatable bonds is 4. The highest BCUT2D eigenvalue weighted by molar-refractivity contribution is 5.38. The van der Waals surface area contributed by atoms with E-state index in [9.17, 15) is 5.11 Å². The van der Waals surface area contributed by atoms with Gasteiger partial charge in [0.1, 0.15) is 0 Å². The fourth-order valence-electron chi connectivity index (χ4n) is 2.31. The van der Waals surface area contributed by atoms with Crippen LogP contribution < -0.4 is 0 Å². The molecule has 0 saturated heterocycles. The summed E-state index contributed by atoms with van der Waals surface area (Å²) in [5, 5.41) is 13.4. The Morgan fingerprint density at radius 1 is 1.33 bits per heavy atom. The Labute approximate surface area is 106 Å². The minimum Gasteiger partial charge on any atom is -0.393 e. The summed E-state index contributed by atoms with van der Waals surface area (Å²) in [6, 6.07) is 10.3. The van der Waals surface area contributed by atoms with Crippen LogP contribution in [0.2, 0.25) is 0 Å². The van der Waals surface area contributed by atoms with E-state index in [1.54, 1.807) is 6.92 Å². The van der Waals surface area contributed by atoms with E-state index in [1.165, 1.54) is 5.56 Å². The molecule has 0 bridgehead atoms. The number of hydrogen-bond acceptors (Lipinski definition) is 4. The minimum atomic E-state index is -0.454. The van der Waals surface area contributed by atoms with Crippen LogP contribution in [0.5, 0.6) is 0 Å². The van der Waals surface area contributed by atoms with Crippen LogP contribution in [-0.4, -0.2) is 21.4 Å². The van der Waals surface area contributed by atoms with Gasteiger partial charge in [-0.25, -0.2) is 0 Å². The second kappa shape index (κ2) is 4.21. The number of aliphatic hydroxyl groups excluding tert-OH is 1. The lowest BCUT2D eigenvalue weighted by Crippen LogP contribution is -2.11. The average Bonchev–Trinajstić information content (AvgIpc) is 3.05. The highest BCUT2D eigenvalue weighted by Crippen LogP contribution is 2.52. The van der Waals surface area contributed by atoms with Crippen molar-refractivity contribution in [3.8, 4) is 0 Å². The van der Waals surface area contributed by atoms with Gasteiger partial charge in [0.2, 0.25) is 5.89 Å². The first-order valence-corrected chi connectivity index (χ1v) is 6.27. The van der Waals surface area contributed by atoms with Crippen LogP contribution in [0, 0.1) is 0 Å². The van der Waals surface area contributed by atoms with Gasteiger partial charge in [-0.2, -0.15) is 4.98 Å². The van der Waals surface area contributed by atoms with Crippen molar-refractivity contribution >= 4 is 0 Å². The fourth-order valence-corrected chi connectivity index (χ4v) is 2.31. The smallest absolute Gasteiger partial charge is 0.229 e. The van der Waals surface area contributed by atoms with Gasteiger partial charge in [-0.15, -0.1) is 0 Å². The van der Waals surface area contributed by atoms with Crippen LogP contribution in [0.1, 0.15) is 37.0 Å². The van der Waals surface area contributed by atoms with Gasteiger partial charge in [0.25, 0.3) is 0 Å². The Morgan fingerprint density at radius 2 is 2.06 bits per heavy atom. The second-order valence-corrected chi connectivity index (χ2v) is 5.01. The van der Waals surface area contributed by atoms with Gasteiger partial charge < -0.3 is 9.63 Å². The van der Waals surface area contributed by atoms with Crippen molar-refractivity contribution in [1.82, 2.24) is 10.1 Å². The van der Waals surface area contributed by atoms with E-state index in [1.807, 2.05) is 18.2 Å². The maximum atomic E-state index is 9.32. The average molecular weight is 244 g/mol. The van der Waals surface area contributed by atoms with Crippen LogP contribution >= 0.6 is 0 Å². The molecule has 0 spiro atoms. The third-order valence-corrected chi connectivity index (χ3v) is 3.44. The Balaban J connectivity index is 1.89. The van der Waals surface area contributed by atoms with E-state index in [0.29, 0.717) is 12.3 Å². The lowest BCUT2D eigenvalue weighted by molar-refractivity contribution is 0.181. The molecule has 1 heterocycles. The zero-order valence-electron chi connectivity index (χ0n) is 10.3. The molecule has 3 rings (SSSR count). The first kappa shape index (κ1) is 11.4. The molecule has 1 aliphatic rings. The number of benzene rings is 1. The maximum absolute atomic E-state index is 9.32. The predicted octanol–water partition coefficient (Wildman–Crippen LogP) is 2.07. The molecule has 4 heteroatoms. The summed E-state index contributed by atoms with van der Waals surface area (Å²) in [5.41, 5.74) is 1.19. The van der Waals surface area contributed by atoms with Crippen molar-refractivity contribution in [2.75, 3.05) is 0 Å².